The number of piperazine rings is 1. The molecule has 1 aliphatic rings. The topological polar surface area (TPSA) is 66.7 Å². The number of benzene rings is 1. The van der Waals surface area contributed by atoms with Crippen LogP contribution in [0.4, 0.5) is 10.1 Å². The number of sulfonamides is 1. The summed E-state index contributed by atoms with van der Waals surface area (Å²) in [6.07, 6.45) is 0. The summed E-state index contributed by atoms with van der Waals surface area (Å²) in [4.78, 5) is 2.20. The van der Waals surface area contributed by atoms with Crippen LogP contribution in [0, 0.1) is 19.7 Å². The highest BCUT2D eigenvalue weighted by Gasteiger charge is 2.33. The lowest BCUT2D eigenvalue weighted by Gasteiger charge is -2.35. The zero-order chi connectivity index (χ0) is 16.6. The number of halogens is 1. The van der Waals surface area contributed by atoms with E-state index >= 15 is 0 Å². The summed E-state index contributed by atoms with van der Waals surface area (Å²) < 4.78 is 44.9. The van der Waals surface area contributed by atoms with Crippen molar-refractivity contribution in [3.05, 3.63) is 41.5 Å². The van der Waals surface area contributed by atoms with Gasteiger partial charge in [0.05, 0.1) is 0 Å². The van der Waals surface area contributed by atoms with Crippen LogP contribution in [-0.4, -0.2) is 44.1 Å². The maximum atomic E-state index is 13.0. The van der Waals surface area contributed by atoms with Gasteiger partial charge in [-0.15, -0.1) is 0 Å². The highest BCUT2D eigenvalue weighted by molar-refractivity contribution is 7.89. The molecule has 8 heteroatoms. The van der Waals surface area contributed by atoms with Crippen LogP contribution in [0.1, 0.15) is 11.5 Å². The van der Waals surface area contributed by atoms with Crippen LogP contribution in [-0.2, 0) is 10.0 Å². The van der Waals surface area contributed by atoms with Gasteiger partial charge in [0.25, 0.3) is 0 Å². The van der Waals surface area contributed by atoms with Gasteiger partial charge < -0.3 is 9.42 Å². The highest BCUT2D eigenvalue weighted by Crippen LogP contribution is 2.25. The third-order valence-corrected chi connectivity index (χ3v) is 6.14. The minimum Gasteiger partial charge on any atom is -0.369 e. The molecule has 0 aliphatic carbocycles. The average Bonchev–Trinajstić information content (AvgIpc) is 2.88. The van der Waals surface area contributed by atoms with E-state index in [-0.39, 0.29) is 10.7 Å². The molecule has 2 aromatic rings. The van der Waals surface area contributed by atoms with Crippen LogP contribution in [0.15, 0.2) is 33.7 Å². The van der Waals surface area contributed by atoms with Crippen molar-refractivity contribution >= 4 is 15.7 Å². The molecule has 1 aliphatic heterocycles. The molecule has 1 aromatic carbocycles. The molecule has 0 bridgehead atoms. The Hall–Kier alpha value is -1.93. The van der Waals surface area contributed by atoms with Gasteiger partial charge in [0.1, 0.15) is 16.4 Å². The fourth-order valence-electron chi connectivity index (χ4n) is 2.81. The molecule has 0 saturated carbocycles. The SMILES string of the molecule is Cc1noc(C)c1S(=O)(=O)N1CCN(c2ccc(F)cc2)CC1. The lowest BCUT2D eigenvalue weighted by atomic mass is 10.2. The Labute approximate surface area is 134 Å². The molecule has 1 fully saturated rings. The first-order valence-corrected chi connectivity index (χ1v) is 8.77. The van der Waals surface area contributed by atoms with Crippen molar-refractivity contribution < 1.29 is 17.3 Å². The average molecular weight is 339 g/mol. The van der Waals surface area contributed by atoms with E-state index < -0.39 is 10.0 Å². The van der Waals surface area contributed by atoms with Crippen molar-refractivity contribution in [3.63, 3.8) is 0 Å². The fraction of sp³-hybridized carbons (Fsp3) is 0.400. The molecule has 0 atom stereocenters. The Morgan fingerprint density at radius 2 is 1.70 bits per heavy atom. The molecule has 6 nitrogen and oxygen atoms in total. The molecule has 0 amide bonds. The molecule has 124 valence electrons. The Balaban J connectivity index is 1.75. The Morgan fingerprint density at radius 1 is 1.09 bits per heavy atom. The molecule has 23 heavy (non-hydrogen) atoms. The van der Waals surface area contributed by atoms with Gasteiger partial charge in [0, 0.05) is 31.9 Å². The number of hydrogen-bond acceptors (Lipinski definition) is 5. The van der Waals surface area contributed by atoms with Crippen molar-refractivity contribution in [2.45, 2.75) is 18.7 Å². The molecule has 2 heterocycles. The number of rotatable bonds is 3. The summed E-state index contributed by atoms with van der Waals surface area (Å²) in [5.74, 6) is 0.0248. The number of aromatic nitrogens is 1. The van der Waals surface area contributed by atoms with Crippen LogP contribution in [0.3, 0.4) is 0 Å². The zero-order valence-corrected chi connectivity index (χ0v) is 13.8. The van der Waals surface area contributed by atoms with Crippen molar-refractivity contribution in [1.82, 2.24) is 9.46 Å². The molecule has 1 aromatic heterocycles. The van der Waals surface area contributed by atoms with E-state index in [0.29, 0.717) is 37.6 Å². The smallest absolute Gasteiger partial charge is 0.248 e. The predicted molar refractivity (Wildman–Crippen MR) is 83.3 cm³/mol. The number of anilines is 1. The van der Waals surface area contributed by atoms with Gasteiger partial charge >= 0.3 is 0 Å². The van der Waals surface area contributed by atoms with Gasteiger partial charge in [-0.25, -0.2) is 12.8 Å². The lowest BCUT2D eigenvalue weighted by molar-refractivity contribution is 0.378. The van der Waals surface area contributed by atoms with Gasteiger partial charge in [-0.05, 0) is 38.1 Å². The molecule has 3 rings (SSSR count). The molecule has 0 unspecified atom stereocenters. The fourth-order valence-corrected chi connectivity index (χ4v) is 4.52. The van der Waals surface area contributed by atoms with Crippen LogP contribution >= 0.6 is 0 Å². The molecular weight excluding hydrogens is 321 g/mol. The van der Waals surface area contributed by atoms with Crippen LogP contribution < -0.4 is 4.90 Å². The third kappa shape index (κ3) is 2.96. The van der Waals surface area contributed by atoms with E-state index in [2.05, 4.69) is 5.16 Å². The van der Waals surface area contributed by atoms with Gasteiger partial charge in [0.2, 0.25) is 10.0 Å². The summed E-state index contributed by atoms with van der Waals surface area (Å²) in [7, 11) is -3.60. The highest BCUT2D eigenvalue weighted by atomic mass is 32.2. The molecule has 0 N–H and O–H groups in total. The van der Waals surface area contributed by atoms with Crippen LogP contribution in [0.5, 0.6) is 0 Å². The largest absolute Gasteiger partial charge is 0.369 e. The van der Waals surface area contributed by atoms with E-state index in [9.17, 15) is 12.8 Å². The number of hydrogen-bond donors (Lipinski definition) is 0. The summed E-state index contributed by atoms with van der Waals surface area (Å²) in [5, 5.41) is 3.72. The zero-order valence-electron chi connectivity index (χ0n) is 13.0. The third-order valence-electron chi connectivity index (χ3n) is 4.00. The van der Waals surface area contributed by atoms with E-state index in [1.54, 1.807) is 26.0 Å². The second-order valence-corrected chi connectivity index (χ2v) is 7.40. The maximum Gasteiger partial charge on any atom is 0.248 e. The van der Waals surface area contributed by atoms with Gasteiger partial charge in [0.15, 0.2) is 5.76 Å². The first kappa shape index (κ1) is 15.9. The monoisotopic (exact) mass is 339 g/mol. The summed E-state index contributed by atoms with van der Waals surface area (Å²) in [5.41, 5.74) is 1.27. The lowest BCUT2D eigenvalue weighted by Crippen LogP contribution is -2.48. The van der Waals surface area contributed by atoms with Gasteiger partial charge in [-0.1, -0.05) is 5.16 Å². The first-order valence-electron chi connectivity index (χ1n) is 7.33. The quantitative estimate of drug-likeness (QED) is 0.855. The second-order valence-electron chi connectivity index (χ2n) is 5.52. The van der Waals surface area contributed by atoms with Gasteiger partial charge in [-0.3, -0.25) is 0 Å². The molecule has 0 spiro atoms. The Bertz CT molecular complexity index is 774. The molecule has 1 saturated heterocycles. The van der Waals surface area contributed by atoms with E-state index in [4.69, 9.17) is 4.52 Å². The van der Waals surface area contributed by atoms with Crippen molar-refractivity contribution in [2.24, 2.45) is 0 Å². The van der Waals surface area contributed by atoms with Crippen molar-refractivity contribution in [3.8, 4) is 0 Å². The number of nitrogens with zero attached hydrogens (tertiary/aromatic N) is 3. The summed E-state index contributed by atoms with van der Waals surface area (Å²) >= 11 is 0. The van der Waals surface area contributed by atoms with Crippen LogP contribution in [0.25, 0.3) is 0 Å². The first-order chi connectivity index (χ1) is 10.9. The summed E-state index contributed by atoms with van der Waals surface area (Å²) in [6.45, 7) is 5.05. The Morgan fingerprint density at radius 3 is 2.22 bits per heavy atom. The van der Waals surface area contributed by atoms with Crippen molar-refractivity contribution in [1.29, 1.82) is 0 Å². The minimum absolute atomic E-state index is 0.160. The minimum atomic E-state index is -3.60. The second kappa shape index (κ2) is 5.93. The normalized spacial score (nSPS) is 16.7. The van der Waals surface area contributed by atoms with Crippen LogP contribution in [0.2, 0.25) is 0 Å². The van der Waals surface area contributed by atoms with E-state index in [1.165, 1.54) is 16.4 Å². The standard InChI is InChI=1S/C15H18FN3O3S/c1-11-15(12(2)22-17-11)23(20,21)19-9-7-18(8-10-19)14-5-3-13(16)4-6-14/h3-6H,7-10H2,1-2H3. The predicted octanol–water partition coefficient (Wildman–Crippen LogP) is 1.94. The van der Waals surface area contributed by atoms with Gasteiger partial charge in [-0.2, -0.15) is 4.31 Å². The van der Waals surface area contributed by atoms with E-state index in [1.807, 2.05) is 4.90 Å². The molecular formula is C15H18FN3O3S. The summed E-state index contributed by atoms with van der Waals surface area (Å²) in [6, 6.07) is 6.21. The molecule has 0 radical (unpaired) electrons. The Kier molecular flexibility index (Phi) is 4.11. The van der Waals surface area contributed by atoms with E-state index in [0.717, 1.165) is 5.69 Å². The maximum absolute atomic E-state index is 13.0. The van der Waals surface area contributed by atoms with Crippen molar-refractivity contribution in [2.75, 3.05) is 31.1 Å². The number of aryl methyl sites for hydroxylation is 2.